The van der Waals surface area contributed by atoms with Crippen molar-refractivity contribution in [2.45, 2.75) is 59.5 Å². The Kier molecular flexibility index (Phi) is 5.89. The smallest absolute Gasteiger partial charge is 0.335 e. The summed E-state index contributed by atoms with van der Waals surface area (Å²) in [6, 6.07) is 3.42. The van der Waals surface area contributed by atoms with Crippen LogP contribution in [0.2, 0.25) is 0 Å². The predicted octanol–water partition coefficient (Wildman–Crippen LogP) is 5.80. The number of hydrogen-bond donors (Lipinski definition) is 1. The number of ether oxygens (including phenoxy) is 1. The van der Waals surface area contributed by atoms with Gasteiger partial charge < -0.3 is 9.84 Å². The lowest BCUT2D eigenvalue weighted by Gasteiger charge is -2.33. The molecular weight excluding hydrogens is 312 g/mol. The summed E-state index contributed by atoms with van der Waals surface area (Å²) < 4.78 is 6.36. The largest absolute Gasteiger partial charge is 0.483 e. The van der Waals surface area contributed by atoms with E-state index in [-0.39, 0.29) is 5.60 Å². The summed E-state index contributed by atoms with van der Waals surface area (Å²) >= 11 is 0. The van der Waals surface area contributed by atoms with Crippen molar-refractivity contribution >= 4 is 12.0 Å². The van der Waals surface area contributed by atoms with Crippen molar-refractivity contribution in [3.8, 4) is 5.75 Å². The van der Waals surface area contributed by atoms with Gasteiger partial charge in [-0.3, -0.25) is 0 Å². The van der Waals surface area contributed by atoms with E-state index in [2.05, 4.69) is 32.9 Å². The van der Waals surface area contributed by atoms with E-state index in [4.69, 9.17) is 4.74 Å². The van der Waals surface area contributed by atoms with Crippen LogP contribution in [0, 0.1) is 0 Å². The Hall–Kier alpha value is -2.29. The van der Waals surface area contributed by atoms with Gasteiger partial charge >= 0.3 is 5.97 Å². The molecule has 0 radical (unpaired) electrons. The molecule has 1 aromatic rings. The normalized spacial score (nSPS) is 18.1. The standard InChI is InChI=1S/C22H28O3/c1-15(2)7-6-11-22(5)12-10-18-14-19(21(23)24)13-17(20(18)25-22)9-8-16(3)4/h7-8,10,12-14H,6,9,11H2,1-5H3,(H,23,24)/t22-/m0/s1. The minimum absolute atomic E-state index is 0.303. The van der Waals surface area contributed by atoms with Crippen LogP contribution in [0.15, 0.2) is 41.5 Å². The second-order valence-corrected chi connectivity index (χ2v) is 7.41. The van der Waals surface area contributed by atoms with E-state index in [0.29, 0.717) is 12.0 Å². The molecule has 0 spiro atoms. The van der Waals surface area contributed by atoms with Gasteiger partial charge in [-0.2, -0.15) is 0 Å². The van der Waals surface area contributed by atoms with Crippen molar-refractivity contribution in [3.05, 3.63) is 58.2 Å². The SMILES string of the molecule is CC(C)=CCC[C@@]1(C)C=Cc2cc(C(=O)O)cc(CC=C(C)C)c2O1. The highest BCUT2D eigenvalue weighted by atomic mass is 16.5. The highest BCUT2D eigenvalue weighted by Crippen LogP contribution is 2.37. The number of carboxylic acid groups (broad SMARTS) is 1. The molecule has 3 heteroatoms. The first kappa shape index (κ1) is 19.0. The number of benzene rings is 1. The lowest BCUT2D eigenvalue weighted by molar-refractivity contribution is 0.0696. The number of fused-ring (bicyclic) bond motifs is 1. The summed E-state index contributed by atoms with van der Waals surface area (Å²) in [6.07, 6.45) is 10.9. The zero-order valence-corrected chi connectivity index (χ0v) is 15.8. The number of hydrogen-bond acceptors (Lipinski definition) is 2. The minimum Gasteiger partial charge on any atom is -0.483 e. The number of carboxylic acids is 1. The maximum atomic E-state index is 11.4. The van der Waals surface area contributed by atoms with Crippen LogP contribution in [-0.2, 0) is 6.42 Å². The Balaban J connectivity index is 2.37. The first-order chi connectivity index (χ1) is 11.7. The number of allylic oxidation sites excluding steroid dienone is 4. The van der Waals surface area contributed by atoms with Gasteiger partial charge in [0.1, 0.15) is 11.4 Å². The van der Waals surface area contributed by atoms with Crippen molar-refractivity contribution in [3.63, 3.8) is 0 Å². The summed E-state index contributed by atoms with van der Waals surface area (Å²) in [6.45, 7) is 10.4. The second-order valence-electron chi connectivity index (χ2n) is 7.41. The molecule has 1 aromatic carbocycles. The number of carbonyl (C=O) groups is 1. The molecule has 0 fully saturated rings. The molecule has 0 unspecified atom stereocenters. The highest BCUT2D eigenvalue weighted by Gasteiger charge is 2.29. The van der Waals surface area contributed by atoms with Crippen LogP contribution in [0.4, 0.5) is 0 Å². The summed E-state index contributed by atoms with van der Waals surface area (Å²) in [7, 11) is 0. The molecule has 0 aliphatic carbocycles. The average Bonchev–Trinajstić information content (AvgIpc) is 2.51. The summed E-state index contributed by atoms with van der Waals surface area (Å²) in [5.41, 5.74) is 4.21. The van der Waals surface area contributed by atoms with E-state index in [0.717, 1.165) is 29.7 Å². The van der Waals surface area contributed by atoms with Crippen LogP contribution >= 0.6 is 0 Å². The third-order valence-corrected chi connectivity index (χ3v) is 4.32. The molecule has 25 heavy (non-hydrogen) atoms. The molecular formula is C22H28O3. The fourth-order valence-electron chi connectivity index (χ4n) is 2.87. The van der Waals surface area contributed by atoms with E-state index in [1.807, 2.05) is 26.0 Å². The van der Waals surface area contributed by atoms with E-state index in [9.17, 15) is 9.90 Å². The summed E-state index contributed by atoms with van der Waals surface area (Å²) in [4.78, 5) is 11.4. The lowest BCUT2D eigenvalue weighted by atomic mass is 9.92. The molecule has 0 saturated carbocycles. The van der Waals surface area contributed by atoms with Crippen molar-refractivity contribution in [1.82, 2.24) is 0 Å². The van der Waals surface area contributed by atoms with Gasteiger partial charge in [0, 0.05) is 5.56 Å². The zero-order valence-electron chi connectivity index (χ0n) is 15.8. The van der Waals surface area contributed by atoms with Gasteiger partial charge in [-0.1, -0.05) is 29.4 Å². The molecule has 134 valence electrons. The monoisotopic (exact) mass is 340 g/mol. The van der Waals surface area contributed by atoms with Gasteiger partial charge in [0.05, 0.1) is 5.56 Å². The predicted molar refractivity (Wildman–Crippen MR) is 103 cm³/mol. The Morgan fingerprint density at radius 2 is 1.84 bits per heavy atom. The van der Waals surface area contributed by atoms with E-state index < -0.39 is 5.97 Å². The average molecular weight is 340 g/mol. The fraction of sp³-hybridized carbons (Fsp3) is 0.409. The van der Waals surface area contributed by atoms with Crippen LogP contribution in [0.3, 0.4) is 0 Å². The van der Waals surface area contributed by atoms with Gasteiger partial charge in [-0.05, 0) is 77.7 Å². The third kappa shape index (κ3) is 5.09. The molecule has 0 amide bonds. The highest BCUT2D eigenvalue weighted by molar-refractivity contribution is 5.89. The van der Waals surface area contributed by atoms with Crippen LogP contribution in [0.1, 0.15) is 68.9 Å². The van der Waals surface area contributed by atoms with Crippen LogP contribution in [0.5, 0.6) is 5.75 Å². The van der Waals surface area contributed by atoms with Gasteiger partial charge in [0.25, 0.3) is 0 Å². The Morgan fingerprint density at radius 1 is 1.16 bits per heavy atom. The first-order valence-corrected chi connectivity index (χ1v) is 8.75. The molecule has 1 aliphatic heterocycles. The quantitative estimate of drug-likeness (QED) is 0.665. The van der Waals surface area contributed by atoms with Gasteiger partial charge in [-0.25, -0.2) is 4.79 Å². The molecule has 1 aliphatic rings. The summed E-state index contributed by atoms with van der Waals surface area (Å²) in [5, 5.41) is 9.37. The van der Waals surface area contributed by atoms with Crippen LogP contribution in [-0.4, -0.2) is 16.7 Å². The maximum absolute atomic E-state index is 11.4. The minimum atomic E-state index is -0.911. The third-order valence-electron chi connectivity index (χ3n) is 4.32. The van der Waals surface area contributed by atoms with Crippen molar-refractivity contribution < 1.29 is 14.6 Å². The Morgan fingerprint density at radius 3 is 2.44 bits per heavy atom. The molecule has 1 heterocycles. The first-order valence-electron chi connectivity index (χ1n) is 8.75. The van der Waals surface area contributed by atoms with Gasteiger partial charge in [-0.15, -0.1) is 0 Å². The lowest BCUT2D eigenvalue weighted by Crippen LogP contribution is -2.32. The van der Waals surface area contributed by atoms with Crippen LogP contribution in [0.25, 0.3) is 6.08 Å². The zero-order chi connectivity index (χ0) is 18.6. The molecule has 3 nitrogen and oxygen atoms in total. The second kappa shape index (κ2) is 7.73. The summed E-state index contributed by atoms with van der Waals surface area (Å²) in [5.74, 6) is -0.101. The Labute approximate surface area is 150 Å². The number of aromatic carboxylic acids is 1. The number of rotatable bonds is 6. The Bertz CT molecular complexity index is 745. The molecule has 0 saturated heterocycles. The van der Waals surface area contributed by atoms with Crippen molar-refractivity contribution in [2.24, 2.45) is 0 Å². The van der Waals surface area contributed by atoms with Crippen molar-refractivity contribution in [1.29, 1.82) is 0 Å². The molecule has 0 aromatic heterocycles. The van der Waals surface area contributed by atoms with Crippen molar-refractivity contribution in [2.75, 3.05) is 0 Å². The van der Waals surface area contributed by atoms with Gasteiger partial charge in [0.2, 0.25) is 0 Å². The molecule has 1 atom stereocenters. The van der Waals surface area contributed by atoms with E-state index in [1.165, 1.54) is 11.1 Å². The maximum Gasteiger partial charge on any atom is 0.335 e. The molecule has 1 N–H and O–H groups in total. The molecule has 0 bridgehead atoms. The fourth-order valence-corrected chi connectivity index (χ4v) is 2.87. The van der Waals surface area contributed by atoms with Gasteiger partial charge in [0.15, 0.2) is 0 Å². The van der Waals surface area contributed by atoms with E-state index >= 15 is 0 Å². The van der Waals surface area contributed by atoms with E-state index in [1.54, 1.807) is 12.1 Å². The topological polar surface area (TPSA) is 46.5 Å². The van der Waals surface area contributed by atoms with Crippen LogP contribution < -0.4 is 4.74 Å². The molecule has 2 rings (SSSR count).